The van der Waals surface area contributed by atoms with Crippen molar-refractivity contribution in [1.29, 1.82) is 0 Å². The summed E-state index contributed by atoms with van der Waals surface area (Å²) in [5, 5.41) is 3.47. The molecule has 1 saturated carbocycles. The Morgan fingerprint density at radius 3 is 2.94 bits per heavy atom. The summed E-state index contributed by atoms with van der Waals surface area (Å²) in [4.78, 5) is 12.0. The number of amides is 1. The molecule has 3 nitrogen and oxygen atoms in total. The minimum atomic E-state index is -0.621. The lowest BCUT2D eigenvalue weighted by atomic mass is 9.89. The first-order chi connectivity index (χ1) is 8.62. The summed E-state index contributed by atoms with van der Waals surface area (Å²) in [5.41, 5.74) is 8.64. The van der Waals surface area contributed by atoms with Crippen LogP contribution in [0.3, 0.4) is 0 Å². The summed E-state index contributed by atoms with van der Waals surface area (Å²) in [6, 6.07) is 6.36. The van der Waals surface area contributed by atoms with E-state index in [0.717, 1.165) is 30.9 Å². The van der Waals surface area contributed by atoms with Gasteiger partial charge >= 0.3 is 0 Å². The van der Waals surface area contributed by atoms with E-state index in [1.54, 1.807) is 0 Å². The maximum Gasteiger partial charge on any atom is 0.242 e. The van der Waals surface area contributed by atoms with Crippen molar-refractivity contribution in [2.45, 2.75) is 38.1 Å². The molecule has 1 aromatic rings. The average molecular weight is 244 g/mol. The number of aryl methyl sites for hydroxylation is 2. The second-order valence-corrected chi connectivity index (χ2v) is 5.75. The molecule has 1 atom stereocenters. The number of carbonyl (C=O) groups excluding carboxylic acids is 1. The van der Waals surface area contributed by atoms with E-state index < -0.39 is 5.54 Å². The van der Waals surface area contributed by atoms with Gasteiger partial charge in [-0.25, -0.2) is 0 Å². The largest absolute Gasteiger partial charge is 0.368 e. The number of benzene rings is 1. The van der Waals surface area contributed by atoms with Gasteiger partial charge in [-0.3, -0.25) is 10.1 Å². The van der Waals surface area contributed by atoms with E-state index in [9.17, 15) is 4.79 Å². The van der Waals surface area contributed by atoms with Crippen LogP contribution in [0, 0.1) is 12.8 Å². The van der Waals surface area contributed by atoms with Gasteiger partial charge in [0.15, 0.2) is 0 Å². The molecule has 0 bridgehead atoms. The first kappa shape index (κ1) is 11.7. The van der Waals surface area contributed by atoms with Crippen molar-refractivity contribution < 1.29 is 4.79 Å². The Balaban J connectivity index is 1.95. The molecule has 0 aromatic heterocycles. The van der Waals surface area contributed by atoms with Crippen LogP contribution in [-0.2, 0) is 16.8 Å². The first-order valence-electron chi connectivity index (χ1n) is 6.77. The highest BCUT2D eigenvalue weighted by Crippen LogP contribution is 2.38. The zero-order chi connectivity index (χ0) is 12.8. The lowest BCUT2D eigenvalue weighted by Crippen LogP contribution is -2.51. The van der Waals surface area contributed by atoms with Gasteiger partial charge in [-0.15, -0.1) is 0 Å². The van der Waals surface area contributed by atoms with Gasteiger partial charge in [0.25, 0.3) is 0 Å². The van der Waals surface area contributed by atoms with Crippen molar-refractivity contribution in [2.24, 2.45) is 11.7 Å². The highest BCUT2D eigenvalue weighted by Gasteiger charge is 2.44. The molecule has 0 aliphatic heterocycles. The van der Waals surface area contributed by atoms with E-state index in [-0.39, 0.29) is 5.91 Å². The Labute approximate surface area is 108 Å². The molecule has 3 N–H and O–H groups in total. The molecule has 0 heterocycles. The quantitative estimate of drug-likeness (QED) is 0.845. The van der Waals surface area contributed by atoms with Crippen molar-refractivity contribution in [3.63, 3.8) is 0 Å². The highest BCUT2D eigenvalue weighted by atomic mass is 16.1. The Morgan fingerprint density at radius 2 is 2.28 bits per heavy atom. The maximum absolute atomic E-state index is 12.0. The fraction of sp³-hybridized carbons (Fsp3) is 0.533. The number of nitrogens with two attached hydrogens (primary N) is 1. The summed E-state index contributed by atoms with van der Waals surface area (Å²) in [5.74, 6) is 0.516. The minimum absolute atomic E-state index is 0.229. The Kier molecular flexibility index (Phi) is 2.67. The van der Waals surface area contributed by atoms with Gasteiger partial charge in [0.05, 0.1) is 0 Å². The van der Waals surface area contributed by atoms with Crippen molar-refractivity contribution in [2.75, 3.05) is 6.54 Å². The molecule has 0 spiro atoms. The van der Waals surface area contributed by atoms with Gasteiger partial charge in [0, 0.05) is 0 Å². The fourth-order valence-corrected chi connectivity index (χ4v) is 2.93. The van der Waals surface area contributed by atoms with Crippen LogP contribution < -0.4 is 11.1 Å². The number of hydrogen-bond donors (Lipinski definition) is 2. The van der Waals surface area contributed by atoms with Crippen molar-refractivity contribution in [3.05, 3.63) is 34.9 Å². The number of rotatable bonds is 4. The maximum atomic E-state index is 12.0. The zero-order valence-electron chi connectivity index (χ0n) is 10.8. The highest BCUT2D eigenvalue weighted by molar-refractivity contribution is 5.87. The molecular weight excluding hydrogens is 224 g/mol. The van der Waals surface area contributed by atoms with Crippen molar-refractivity contribution in [3.8, 4) is 0 Å². The number of fused-ring (bicyclic) bond motifs is 1. The summed E-state index contributed by atoms with van der Waals surface area (Å²) in [7, 11) is 0. The zero-order valence-corrected chi connectivity index (χ0v) is 10.8. The molecule has 2 aliphatic rings. The Bertz CT molecular complexity index is 493. The normalized spacial score (nSPS) is 26.1. The number of nitrogens with one attached hydrogen (secondary N) is 1. The molecule has 18 heavy (non-hydrogen) atoms. The average Bonchev–Trinajstić information content (AvgIpc) is 3.09. The minimum Gasteiger partial charge on any atom is -0.368 e. The van der Waals surface area contributed by atoms with Gasteiger partial charge in [-0.05, 0) is 56.2 Å². The van der Waals surface area contributed by atoms with Gasteiger partial charge in [0.2, 0.25) is 5.91 Å². The van der Waals surface area contributed by atoms with Gasteiger partial charge < -0.3 is 5.73 Å². The molecule has 96 valence electrons. The van der Waals surface area contributed by atoms with E-state index >= 15 is 0 Å². The molecule has 2 aliphatic carbocycles. The first-order valence-corrected chi connectivity index (χ1v) is 6.77. The van der Waals surface area contributed by atoms with Gasteiger partial charge in [0.1, 0.15) is 5.54 Å². The third-order valence-corrected chi connectivity index (χ3v) is 4.30. The third-order valence-electron chi connectivity index (χ3n) is 4.30. The summed E-state index contributed by atoms with van der Waals surface area (Å²) >= 11 is 0. The van der Waals surface area contributed by atoms with Crippen LogP contribution in [0.25, 0.3) is 0 Å². The standard InChI is InChI=1S/C15H20N2O/c1-10-2-5-12-6-7-15(14(16)18,13(12)8-10)17-9-11-3-4-11/h2,5,8,11,17H,3-4,6-7,9H2,1H3,(H2,16,18). The van der Waals surface area contributed by atoms with Gasteiger partial charge in [-0.1, -0.05) is 23.8 Å². The Morgan fingerprint density at radius 1 is 1.50 bits per heavy atom. The Hall–Kier alpha value is -1.35. The predicted octanol–water partition coefficient (Wildman–Crippen LogP) is 1.62. The number of carbonyl (C=O) groups is 1. The predicted molar refractivity (Wildman–Crippen MR) is 71.1 cm³/mol. The van der Waals surface area contributed by atoms with E-state index in [4.69, 9.17) is 5.73 Å². The van der Waals surface area contributed by atoms with E-state index in [1.807, 2.05) is 0 Å². The lowest BCUT2D eigenvalue weighted by Gasteiger charge is -2.28. The molecule has 0 saturated heterocycles. The summed E-state index contributed by atoms with van der Waals surface area (Å²) < 4.78 is 0. The lowest BCUT2D eigenvalue weighted by molar-refractivity contribution is -0.124. The second-order valence-electron chi connectivity index (χ2n) is 5.75. The van der Waals surface area contributed by atoms with Crippen molar-refractivity contribution >= 4 is 5.91 Å². The number of primary amides is 1. The molecule has 3 heteroatoms. The van der Waals surface area contributed by atoms with E-state index in [0.29, 0.717) is 0 Å². The topological polar surface area (TPSA) is 55.1 Å². The summed E-state index contributed by atoms with van der Waals surface area (Å²) in [6.45, 7) is 2.97. The second kappa shape index (κ2) is 4.09. The number of hydrogen-bond acceptors (Lipinski definition) is 2. The fourth-order valence-electron chi connectivity index (χ4n) is 2.93. The molecule has 1 amide bonds. The monoisotopic (exact) mass is 244 g/mol. The molecule has 3 rings (SSSR count). The molecule has 1 fully saturated rings. The smallest absolute Gasteiger partial charge is 0.242 e. The van der Waals surface area contributed by atoms with Crippen LogP contribution in [0.15, 0.2) is 18.2 Å². The molecule has 1 unspecified atom stereocenters. The van der Waals surface area contributed by atoms with Crippen LogP contribution in [0.4, 0.5) is 0 Å². The molecule has 0 radical (unpaired) electrons. The van der Waals surface area contributed by atoms with Crippen molar-refractivity contribution in [1.82, 2.24) is 5.32 Å². The van der Waals surface area contributed by atoms with Gasteiger partial charge in [-0.2, -0.15) is 0 Å². The van der Waals surface area contributed by atoms with E-state index in [2.05, 4.69) is 30.4 Å². The van der Waals surface area contributed by atoms with Crippen LogP contribution in [0.5, 0.6) is 0 Å². The molecular formula is C15H20N2O. The third kappa shape index (κ3) is 1.83. The SMILES string of the molecule is Cc1ccc2c(c1)C(NCC1CC1)(C(N)=O)CC2. The van der Waals surface area contributed by atoms with Crippen LogP contribution in [0.2, 0.25) is 0 Å². The van der Waals surface area contributed by atoms with Crippen LogP contribution >= 0.6 is 0 Å². The summed E-state index contributed by atoms with van der Waals surface area (Å²) in [6.07, 6.45) is 4.30. The van der Waals surface area contributed by atoms with Crippen LogP contribution in [-0.4, -0.2) is 12.5 Å². The van der Waals surface area contributed by atoms with Crippen LogP contribution in [0.1, 0.15) is 36.0 Å². The van der Waals surface area contributed by atoms with E-state index in [1.165, 1.54) is 24.0 Å². The molecule has 1 aromatic carbocycles.